The summed E-state index contributed by atoms with van der Waals surface area (Å²) in [4.78, 5) is 73.7. The minimum Gasteiger partial charge on any atom is -0.462 e. The van der Waals surface area contributed by atoms with E-state index in [2.05, 4.69) is 41.5 Å². The third kappa shape index (κ3) is 88.7. The van der Waals surface area contributed by atoms with Gasteiger partial charge in [-0.2, -0.15) is 0 Å². The molecule has 0 aliphatic heterocycles. The van der Waals surface area contributed by atoms with Crippen LogP contribution in [0.4, 0.5) is 0 Å². The molecular weight excluding hydrogens is 1510 g/mol. The first-order chi connectivity index (χ1) is 56.9. The Morgan fingerprint density at radius 1 is 0.239 bits per heavy atom. The van der Waals surface area contributed by atoms with Gasteiger partial charge in [-0.05, 0) is 37.5 Å². The third-order valence-electron chi connectivity index (χ3n) is 23.9. The second-order valence-electron chi connectivity index (χ2n) is 35.7. The summed E-state index contributed by atoms with van der Waals surface area (Å²) in [6.07, 6.45) is 86.1. The van der Waals surface area contributed by atoms with Crippen LogP contribution in [-0.4, -0.2) is 96.7 Å². The molecule has 0 aromatic carbocycles. The molecule has 0 aromatic rings. The van der Waals surface area contributed by atoms with E-state index in [1.807, 2.05) is 0 Å². The number of carbonyl (C=O) groups excluding carboxylic acids is 4. The highest BCUT2D eigenvalue weighted by Crippen LogP contribution is 2.45. The average Bonchev–Trinajstić information content (AvgIpc) is 0.897. The standard InChI is InChI=1S/C98H192O17P2/c1-7-11-13-15-17-19-21-23-24-25-26-27-35-40-46-52-58-64-70-76-82-97(102)114-93(86-108-95(100)80-74-68-62-56-50-42-22-20-18-16-14-12-8-2)88-112-116(104,105)110-84-92(99)85-111-117(106,107)113-89-94(115-98(103)83-77-71-65-59-53-47-41-36-31-29-33-38-44-49-55-61-67-73-79-91(6)10-4)87-109-96(101)81-75-69-63-57-51-45-39-34-30-28-32-37-43-48-54-60-66-72-78-90(5)9-3/h90-94,99H,7-89H2,1-6H3,(H,104,105)(H,106,107)/t90?,91?,92-,93+,94+/m0/s1. The van der Waals surface area contributed by atoms with Crippen molar-refractivity contribution in [3.63, 3.8) is 0 Å². The minimum absolute atomic E-state index is 0.109. The number of phosphoric ester groups is 2. The quantitative estimate of drug-likeness (QED) is 0.0222. The smallest absolute Gasteiger partial charge is 0.462 e. The van der Waals surface area contributed by atoms with E-state index in [1.165, 1.54) is 353 Å². The van der Waals surface area contributed by atoms with Crippen LogP contribution in [0.3, 0.4) is 0 Å². The average molecular weight is 1700 g/mol. The lowest BCUT2D eigenvalue weighted by atomic mass is 9.99. The molecular formula is C98H192O17P2. The summed E-state index contributed by atoms with van der Waals surface area (Å²) in [5.74, 6) is -0.341. The number of phosphoric acid groups is 2. The normalized spacial score (nSPS) is 14.1. The molecule has 0 aromatic heterocycles. The van der Waals surface area contributed by atoms with Crippen molar-refractivity contribution in [1.82, 2.24) is 0 Å². The predicted molar refractivity (Wildman–Crippen MR) is 488 cm³/mol. The van der Waals surface area contributed by atoms with E-state index in [-0.39, 0.29) is 25.7 Å². The maximum Gasteiger partial charge on any atom is 0.472 e. The molecule has 7 atom stereocenters. The van der Waals surface area contributed by atoms with Gasteiger partial charge in [0.1, 0.15) is 19.3 Å². The van der Waals surface area contributed by atoms with Crippen LogP contribution in [0.1, 0.15) is 536 Å². The molecule has 0 amide bonds. The van der Waals surface area contributed by atoms with Gasteiger partial charge in [0, 0.05) is 25.7 Å². The number of aliphatic hydroxyl groups is 1. The molecule has 0 rings (SSSR count). The first-order valence-corrected chi connectivity index (χ1v) is 53.6. The number of unbranched alkanes of at least 4 members (excludes halogenated alkanes) is 65. The van der Waals surface area contributed by atoms with E-state index >= 15 is 0 Å². The lowest BCUT2D eigenvalue weighted by Crippen LogP contribution is -2.30. The summed E-state index contributed by atoms with van der Waals surface area (Å²) in [6.45, 7) is 9.89. The fourth-order valence-electron chi connectivity index (χ4n) is 15.5. The minimum atomic E-state index is -4.97. The van der Waals surface area contributed by atoms with Gasteiger partial charge in [0.2, 0.25) is 0 Å². The Morgan fingerprint density at radius 2 is 0.410 bits per heavy atom. The van der Waals surface area contributed by atoms with Gasteiger partial charge in [-0.1, -0.05) is 485 Å². The van der Waals surface area contributed by atoms with Gasteiger partial charge in [0.25, 0.3) is 0 Å². The highest BCUT2D eigenvalue weighted by molar-refractivity contribution is 7.47. The molecule has 0 heterocycles. The second kappa shape index (κ2) is 88.9. The number of hydrogen-bond acceptors (Lipinski definition) is 15. The summed E-state index contributed by atoms with van der Waals surface area (Å²) in [7, 11) is -9.95. The van der Waals surface area contributed by atoms with E-state index in [0.29, 0.717) is 25.7 Å². The number of aliphatic hydroxyl groups excluding tert-OH is 1. The van der Waals surface area contributed by atoms with Gasteiger partial charge in [-0.15, -0.1) is 0 Å². The monoisotopic (exact) mass is 1700 g/mol. The molecule has 0 spiro atoms. The molecule has 696 valence electrons. The van der Waals surface area contributed by atoms with Crippen molar-refractivity contribution >= 4 is 39.5 Å². The van der Waals surface area contributed by atoms with Crippen LogP contribution in [0.5, 0.6) is 0 Å². The SMILES string of the molecule is CCCCCCCCCCCCCCCCCCCCCCC(=O)O[C@H](COC(=O)CCCCCCCCCCCCCCC)COP(=O)(O)OC[C@H](O)COP(=O)(O)OC[C@@H](COC(=O)CCCCCCCCCCCCCCCCCCCCC(C)CC)OC(=O)CCCCCCCCCCCCCCCCCCCCC(C)CC. The number of esters is 4. The molecule has 0 saturated carbocycles. The Kier molecular flexibility index (Phi) is 87.4. The van der Waals surface area contributed by atoms with Crippen LogP contribution in [0, 0.1) is 11.8 Å². The van der Waals surface area contributed by atoms with E-state index in [4.69, 9.17) is 37.0 Å². The first kappa shape index (κ1) is 115. The predicted octanol–water partition coefficient (Wildman–Crippen LogP) is 30.9. The van der Waals surface area contributed by atoms with Crippen LogP contribution >= 0.6 is 15.6 Å². The third-order valence-corrected chi connectivity index (χ3v) is 25.8. The van der Waals surface area contributed by atoms with Gasteiger partial charge in [-0.3, -0.25) is 37.3 Å². The molecule has 0 aliphatic carbocycles. The summed E-state index contributed by atoms with van der Waals surface area (Å²) < 4.78 is 69.3. The first-order valence-electron chi connectivity index (χ1n) is 50.6. The molecule has 17 nitrogen and oxygen atoms in total. The number of ether oxygens (including phenoxy) is 4. The van der Waals surface area contributed by atoms with Gasteiger partial charge >= 0.3 is 39.5 Å². The largest absolute Gasteiger partial charge is 0.472 e. The van der Waals surface area contributed by atoms with Crippen LogP contribution in [0.15, 0.2) is 0 Å². The van der Waals surface area contributed by atoms with Crippen LogP contribution in [0.25, 0.3) is 0 Å². The number of rotatable bonds is 97. The lowest BCUT2D eigenvalue weighted by Gasteiger charge is -2.21. The fraction of sp³-hybridized carbons (Fsp3) is 0.959. The summed E-state index contributed by atoms with van der Waals surface area (Å²) in [5, 5.41) is 10.7. The fourth-order valence-corrected chi connectivity index (χ4v) is 17.1. The Labute approximate surface area is 721 Å². The van der Waals surface area contributed by atoms with E-state index in [1.54, 1.807) is 0 Å². The molecule has 0 aliphatic rings. The molecule has 0 radical (unpaired) electrons. The molecule has 0 saturated heterocycles. The second-order valence-corrected chi connectivity index (χ2v) is 38.6. The van der Waals surface area contributed by atoms with E-state index in [9.17, 15) is 43.2 Å². The molecule has 4 unspecified atom stereocenters. The zero-order valence-corrected chi connectivity index (χ0v) is 79.3. The molecule has 117 heavy (non-hydrogen) atoms. The van der Waals surface area contributed by atoms with Crippen molar-refractivity contribution in [1.29, 1.82) is 0 Å². The summed E-state index contributed by atoms with van der Waals surface area (Å²) in [6, 6.07) is 0. The zero-order chi connectivity index (χ0) is 85.5. The van der Waals surface area contributed by atoms with Crippen LogP contribution in [0.2, 0.25) is 0 Å². The topological polar surface area (TPSA) is 237 Å². The molecule has 0 bridgehead atoms. The highest BCUT2D eigenvalue weighted by Gasteiger charge is 2.31. The Balaban J connectivity index is 5.25. The molecule has 3 N–H and O–H groups in total. The van der Waals surface area contributed by atoms with Crippen molar-refractivity contribution in [2.45, 2.75) is 554 Å². The van der Waals surface area contributed by atoms with Crippen molar-refractivity contribution < 1.29 is 80.2 Å². The van der Waals surface area contributed by atoms with Gasteiger partial charge in [0.05, 0.1) is 26.4 Å². The Bertz CT molecular complexity index is 2220. The van der Waals surface area contributed by atoms with Crippen molar-refractivity contribution in [2.24, 2.45) is 11.8 Å². The van der Waals surface area contributed by atoms with Crippen molar-refractivity contribution in [3.05, 3.63) is 0 Å². The van der Waals surface area contributed by atoms with E-state index < -0.39 is 97.5 Å². The molecule has 0 fully saturated rings. The maximum absolute atomic E-state index is 13.2. The summed E-state index contributed by atoms with van der Waals surface area (Å²) >= 11 is 0. The molecule has 19 heteroatoms. The van der Waals surface area contributed by atoms with Crippen molar-refractivity contribution in [2.75, 3.05) is 39.6 Å². The van der Waals surface area contributed by atoms with E-state index in [0.717, 1.165) is 102 Å². The Hall–Kier alpha value is -1.94. The maximum atomic E-state index is 13.2. The highest BCUT2D eigenvalue weighted by atomic mass is 31.2. The zero-order valence-electron chi connectivity index (χ0n) is 77.5. The van der Waals surface area contributed by atoms with Gasteiger partial charge < -0.3 is 33.8 Å². The Morgan fingerprint density at radius 3 is 0.607 bits per heavy atom. The summed E-state index contributed by atoms with van der Waals surface area (Å²) in [5.41, 5.74) is 0. The number of carbonyl (C=O) groups is 4. The van der Waals surface area contributed by atoms with Crippen molar-refractivity contribution in [3.8, 4) is 0 Å². The van der Waals surface area contributed by atoms with Gasteiger partial charge in [-0.25, -0.2) is 9.13 Å². The lowest BCUT2D eigenvalue weighted by molar-refractivity contribution is -0.161. The van der Waals surface area contributed by atoms with Gasteiger partial charge in [0.15, 0.2) is 12.2 Å². The number of hydrogen-bond donors (Lipinski definition) is 3. The van der Waals surface area contributed by atoms with Crippen LogP contribution < -0.4 is 0 Å². The van der Waals surface area contributed by atoms with Crippen LogP contribution in [-0.2, 0) is 65.4 Å².